The van der Waals surface area contributed by atoms with Crippen LogP contribution in [0.5, 0.6) is 0 Å². The second-order valence-electron chi connectivity index (χ2n) is 4.54. The van der Waals surface area contributed by atoms with Gasteiger partial charge in [-0.2, -0.15) is 0 Å². The van der Waals surface area contributed by atoms with Crippen molar-refractivity contribution < 1.29 is 9.50 Å². The minimum absolute atomic E-state index is 0.248. The maximum absolute atomic E-state index is 13.2. The predicted octanol–water partition coefficient (Wildman–Crippen LogP) is 3.03. The van der Waals surface area contributed by atoms with Crippen molar-refractivity contribution in [3.8, 4) is 0 Å². The zero-order chi connectivity index (χ0) is 11.9. The van der Waals surface area contributed by atoms with Crippen LogP contribution in [0, 0.1) is 5.82 Å². The summed E-state index contributed by atoms with van der Waals surface area (Å²) in [6.45, 7) is 6.18. The fourth-order valence-corrected chi connectivity index (χ4v) is 2.08. The van der Waals surface area contributed by atoms with Gasteiger partial charge in [-0.05, 0) is 45.0 Å². The van der Waals surface area contributed by atoms with E-state index in [1.807, 2.05) is 17.6 Å². The van der Waals surface area contributed by atoms with Gasteiger partial charge in [0, 0.05) is 11.9 Å². The number of halogens is 1. The van der Waals surface area contributed by atoms with E-state index in [9.17, 15) is 9.50 Å². The molecule has 0 fully saturated rings. The van der Waals surface area contributed by atoms with Gasteiger partial charge in [0.25, 0.3) is 0 Å². The molecule has 3 heteroatoms. The lowest BCUT2D eigenvalue weighted by atomic mass is 10.1. The molecule has 0 aliphatic heterocycles. The van der Waals surface area contributed by atoms with Crippen LogP contribution in [0.3, 0.4) is 0 Å². The molecular weight excluding hydrogens is 205 g/mol. The Labute approximate surface area is 94.3 Å². The molecular formula is C13H16FNO. The molecule has 0 saturated heterocycles. The second kappa shape index (κ2) is 3.59. The maximum Gasteiger partial charge on any atom is 0.125 e. The molecule has 0 spiro atoms. The number of rotatable bonds is 2. The maximum atomic E-state index is 13.2. The van der Waals surface area contributed by atoms with Crippen LogP contribution in [0.4, 0.5) is 4.39 Å². The third kappa shape index (κ3) is 1.71. The van der Waals surface area contributed by atoms with Gasteiger partial charge in [0.1, 0.15) is 5.82 Å². The van der Waals surface area contributed by atoms with E-state index in [-0.39, 0.29) is 5.82 Å². The highest BCUT2D eigenvalue weighted by atomic mass is 19.1. The fourth-order valence-electron chi connectivity index (χ4n) is 2.08. The SMILES string of the molecule is CCn1c(C(C)(C)O)cc2ccc(F)cc21. The molecule has 1 heterocycles. The standard InChI is InChI=1S/C13H16FNO/c1-4-15-11-8-10(14)6-5-9(11)7-12(15)13(2,3)16/h5-8,16H,4H2,1-3H3. The van der Waals surface area contributed by atoms with Crippen LogP contribution in [-0.2, 0) is 12.1 Å². The van der Waals surface area contributed by atoms with Gasteiger partial charge in [-0.3, -0.25) is 0 Å². The third-order valence-corrected chi connectivity index (χ3v) is 2.81. The Morgan fingerprint density at radius 1 is 1.31 bits per heavy atom. The molecule has 2 nitrogen and oxygen atoms in total. The van der Waals surface area contributed by atoms with Crippen LogP contribution in [-0.4, -0.2) is 9.67 Å². The van der Waals surface area contributed by atoms with Gasteiger partial charge in [-0.1, -0.05) is 0 Å². The van der Waals surface area contributed by atoms with Crippen molar-refractivity contribution in [1.29, 1.82) is 0 Å². The molecule has 16 heavy (non-hydrogen) atoms. The molecule has 1 aromatic heterocycles. The van der Waals surface area contributed by atoms with E-state index in [0.29, 0.717) is 6.54 Å². The first-order valence-corrected chi connectivity index (χ1v) is 5.45. The first kappa shape index (κ1) is 11.1. The summed E-state index contributed by atoms with van der Waals surface area (Å²) in [4.78, 5) is 0. The minimum atomic E-state index is -0.911. The van der Waals surface area contributed by atoms with Crippen LogP contribution in [0.25, 0.3) is 10.9 Å². The average molecular weight is 221 g/mol. The normalized spacial score (nSPS) is 12.3. The first-order chi connectivity index (χ1) is 7.43. The van der Waals surface area contributed by atoms with E-state index in [2.05, 4.69) is 0 Å². The van der Waals surface area contributed by atoms with E-state index in [1.165, 1.54) is 12.1 Å². The Bertz CT molecular complexity index is 522. The molecule has 0 unspecified atom stereocenters. The number of aliphatic hydroxyl groups is 1. The number of fused-ring (bicyclic) bond motifs is 1. The quantitative estimate of drug-likeness (QED) is 0.828. The van der Waals surface area contributed by atoms with E-state index in [4.69, 9.17) is 0 Å². The lowest BCUT2D eigenvalue weighted by Crippen LogP contribution is -2.20. The molecule has 0 amide bonds. The topological polar surface area (TPSA) is 25.2 Å². The van der Waals surface area contributed by atoms with E-state index < -0.39 is 5.60 Å². The Morgan fingerprint density at radius 2 is 2.00 bits per heavy atom. The van der Waals surface area contributed by atoms with Gasteiger partial charge < -0.3 is 9.67 Å². The molecule has 0 aliphatic rings. The Balaban J connectivity index is 2.77. The zero-order valence-corrected chi connectivity index (χ0v) is 9.79. The Hall–Kier alpha value is -1.35. The highest BCUT2D eigenvalue weighted by molar-refractivity contribution is 5.81. The van der Waals surface area contributed by atoms with E-state index in [0.717, 1.165) is 16.6 Å². The van der Waals surface area contributed by atoms with Crippen molar-refractivity contribution in [2.45, 2.75) is 32.9 Å². The van der Waals surface area contributed by atoms with E-state index >= 15 is 0 Å². The van der Waals surface area contributed by atoms with E-state index in [1.54, 1.807) is 19.9 Å². The number of benzene rings is 1. The number of nitrogens with zero attached hydrogens (tertiary/aromatic N) is 1. The molecule has 1 N–H and O–H groups in total. The monoisotopic (exact) mass is 221 g/mol. The smallest absolute Gasteiger partial charge is 0.125 e. The lowest BCUT2D eigenvalue weighted by molar-refractivity contribution is 0.0704. The van der Waals surface area contributed by atoms with Crippen LogP contribution in [0.1, 0.15) is 26.5 Å². The zero-order valence-electron chi connectivity index (χ0n) is 9.79. The summed E-state index contributed by atoms with van der Waals surface area (Å²) in [6, 6.07) is 6.61. The fraction of sp³-hybridized carbons (Fsp3) is 0.385. The summed E-state index contributed by atoms with van der Waals surface area (Å²) in [5.41, 5.74) is 0.737. The summed E-state index contributed by atoms with van der Waals surface area (Å²) in [5, 5.41) is 11.0. The van der Waals surface area contributed by atoms with Gasteiger partial charge >= 0.3 is 0 Å². The Kier molecular flexibility index (Phi) is 2.50. The van der Waals surface area contributed by atoms with Crippen molar-refractivity contribution in [3.05, 3.63) is 35.8 Å². The second-order valence-corrected chi connectivity index (χ2v) is 4.54. The minimum Gasteiger partial charge on any atom is -0.384 e. The molecule has 2 rings (SSSR count). The highest BCUT2D eigenvalue weighted by Crippen LogP contribution is 2.28. The number of aromatic nitrogens is 1. The highest BCUT2D eigenvalue weighted by Gasteiger charge is 2.22. The molecule has 0 saturated carbocycles. The molecule has 0 radical (unpaired) electrons. The largest absolute Gasteiger partial charge is 0.384 e. The first-order valence-electron chi connectivity index (χ1n) is 5.45. The molecule has 2 aromatic rings. The number of hydrogen-bond donors (Lipinski definition) is 1. The molecule has 1 aromatic carbocycles. The van der Waals surface area contributed by atoms with Gasteiger partial charge in [0.15, 0.2) is 0 Å². The van der Waals surface area contributed by atoms with Crippen molar-refractivity contribution in [1.82, 2.24) is 4.57 Å². The summed E-state index contributed by atoms with van der Waals surface area (Å²) in [5.74, 6) is -0.248. The molecule has 0 bridgehead atoms. The van der Waals surface area contributed by atoms with Crippen LogP contribution in [0.2, 0.25) is 0 Å². The van der Waals surface area contributed by atoms with Crippen LogP contribution >= 0.6 is 0 Å². The molecule has 0 atom stereocenters. The van der Waals surface area contributed by atoms with Crippen molar-refractivity contribution in [2.75, 3.05) is 0 Å². The predicted molar refractivity (Wildman–Crippen MR) is 62.8 cm³/mol. The Morgan fingerprint density at radius 3 is 2.56 bits per heavy atom. The summed E-state index contributed by atoms with van der Waals surface area (Å²) < 4.78 is 15.1. The van der Waals surface area contributed by atoms with Crippen molar-refractivity contribution in [3.63, 3.8) is 0 Å². The summed E-state index contributed by atoms with van der Waals surface area (Å²) >= 11 is 0. The molecule has 86 valence electrons. The van der Waals surface area contributed by atoms with Gasteiger partial charge in [-0.25, -0.2) is 4.39 Å². The van der Waals surface area contributed by atoms with Crippen LogP contribution < -0.4 is 0 Å². The molecule has 0 aliphatic carbocycles. The average Bonchev–Trinajstić information content (AvgIpc) is 2.54. The number of hydrogen-bond acceptors (Lipinski definition) is 1. The van der Waals surface area contributed by atoms with Crippen molar-refractivity contribution >= 4 is 10.9 Å². The number of aryl methyl sites for hydroxylation is 1. The van der Waals surface area contributed by atoms with Gasteiger partial charge in [-0.15, -0.1) is 0 Å². The summed E-state index contributed by atoms with van der Waals surface area (Å²) in [7, 11) is 0. The van der Waals surface area contributed by atoms with Gasteiger partial charge in [0.2, 0.25) is 0 Å². The van der Waals surface area contributed by atoms with Gasteiger partial charge in [0.05, 0.1) is 16.8 Å². The summed E-state index contributed by atoms with van der Waals surface area (Å²) in [6.07, 6.45) is 0. The van der Waals surface area contributed by atoms with Crippen LogP contribution in [0.15, 0.2) is 24.3 Å². The lowest BCUT2D eigenvalue weighted by Gasteiger charge is -2.20. The van der Waals surface area contributed by atoms with Crippen molar-refractivity contribution in [2.24, 2.45) is 0 Å². The third-order valence-electron chi connectivity index (χ3n) is 2.81.